The third-order valence-electron chi connectivity index (χ3n) is 3.49. The lowest BCUT2D eigenvalue weighted by atomic mass is 10.2. The first-order valence-electron chi connectivity index (χ1n) is 7.32. The van der Waals surface area contributed by atoms with Crippen LogP contribution in [0, 0.1) is 0 Å². The van der Waals surface area contributed by atoms with Crippen LogP contribution in [-0.4, -0.2) is 24.3 Å². The van der Waals surface area contributed by atoms with Crippen LogP contribution in [-0.2, 0) is 0 Å². The Bertz CT molecular complexity index is 1020. The Labute approximate surface area is 142 Å². The zero-order chi connectivity index (χ0) is 17.8. The number of amides is 1. The second kappa shape index (κ2) is 6.88. The molecule has 0 aliphatic carbocycles. The molecule has 3 rings (SSSR count). The molecule has 0 aliphatic heterocycles. The van der Waals surface area contributed by atoms with Gasteiger partial charge in [-0.15, -0.1) is 0 Å². The van der Waals surface area contributed by atoms with Gasteiger partial charge in [-0.3, -0.25) is 4.79 Å². The van der Waals surface area contributed by atoms with Crippen molar-refractivity contribution >= 4 is 23.1 Å². The van der Waals surface area contributed by atoms with E-state index in [4.69, 9.17) is 9.15 Å². The number of carbonyl (C=O) groups excluding carboxylic acids is 1. The second-order valence-electron chi connectivity index (χ2n) is 5.11. The first kappa shape index (κ1) is 16.3. The Morgan fingerprint density at radius 2 is 2.04 bits per heavy atom. The number of methoxy groups -OCH3 is 1. The number of aromatic hydroxyl groups is 1. The number of ether oxygens (including phenoxy) is 1. The van der Waals surface area contributed by atoms with E-state index >= 15 is 0 Å². The standard InChI is InChI=1S/C18H14N2O5/c1-24-13-7-6-12(15(21)9-13)10-19-20-17(22)14-8-11-4-2-3-5-16(11)25-18(14)23/h2-10,21H,1H3,(H,20,22)/b19-10+. The number of phenols is 1. The van der Waals surface area contributed by atoms with Gasteiger partial charge in [0.2, 0.25) is 0 Å². The molecule has 0 bridgehead atoms. The van der Waals surface area contributed by atoms with Crippen molar-refractivity contribution in [2.24, 2.45) is 5.10 Å². The van der Waals surface area contributed by atoms with E-state index < -0.39 is 11.5 Å². The first-order valence-corrected chi connectivity index (χ1v) is 7.32. The minimum atomic E-state index is -0.751. The lowest BCUT2D eigenvalue weighted by molar-refractivity contribution is 0.0951. The van der Waals surface area contributed by atoms with Crippen LogP contribution in [0.5, 0.6) is 11.5 Å². The van der Waals surface area contributed by atoms with Gasteiger partial charge in [0.15, 0.2) is 0 Å². The highest BCUT2D eigenvalue weighted by atomic mass is 16.5. The lowest BCUT2D eigenvalue weighted by Gasteiger charge is -2.03. The number of rotatable bonds is 4. The lowest BCUT2D eigenvalue weighted by Crippen LogP contribution is -2.24. The Morgan fingerprint density at radius 1 is 1.24 bits per heavy atom. The Kier molecular flexibility index (Phi) is 4.47. The second-order valence-corrected chi connectivity index (χ2v) is 5.11. The molecule has 0 saturated heterocycles. The molecule has 7 heteroatoms. The highest BCUT2D eigenvalue weighted by Crippen LogP contribution is 2.21. The number of nitrogens with zero attached hydrogens (tertiary/aromatic N) is 1. The summed E-state index contributed by atoms with van der Waals surface area (Å²) < 4.78 is 10.1. The molecule has 2 N–H and O–H groups in total. The fraction of sp³-hybridized carbons (Fsp3) is 0.0556. The van der Waals surface area contributed by atoms with Gasteiger partial charge in [-0.2, -0.15) is 5.10 Å². The fourth-order valence-electron chi connectivity index (χ4n) is 2.20. The van der Waals surface area contributed by atoms with Crippen molar-refractivity contribution in [3.8, 4) is 11.5 Å². The van der Waals surface area contributed by atoms with Crippen LogP contribution in [0.4, 0.5) is 0 Å². The van der Waals surface area contributed by atoms with E-state index in [0.717, 1.165) is 0 Å². The van der Waals surface area contributed by atoms with E-state index in [1.807, 2.05) is 0 Å². The predicted molar refractivity (Wildman–Crippen MR) is 92.2 cm³/mol. The maximum Gasteiger partial charge on any atom is 0.349 e. The number of para-hydroxylation sites is 1. The van der Waals surface area contributed by atoms with E-state index in [0.29, 0.717) is 22.3 Å². The molecule has 0 radical (unpaired) electrons. The minimum absolute atomic E-state index is 0.0532. The van der Waals surface area contributed by atoms with Crippen LogP contribution in [0.1, 0.15) is 15.9 Å². The highest BCUT2D eigenvalue weighted by molar-refractivity contribution is 5.97. The van der Waals surface area contributed by atoms with Gasteiger partial charge in [0.05, 0.1) is 13.3 Å². The molecule has 0 saturated carbocycles. The molecule has 1 amide bonds. The molecule has 2 aromatic carbocycles. The van der Waals surface area contributed by atoms with E-state index in [9.17, 15) is 14.7 Å². The number of hydrogen-bond acceptors (Lipinski definition) is 6. The zero-order valence-electron chi connectivity index (χ0n) is 13.2. The minimum Gasteiger partial charge on any atom is -0.507 e. The highest BCUT2D eigenvalue weighted by Gasteiger charge is 2.13. The van der Waals surface area contributed by atoms with Gasteiger partial charge in [0, 0.05) is 17.0 Å². The number of fused-ring (bicyclic) bond motifs is 1. The molecule has 25 heavy (non-hydrogen) atoms. The monoisotopic (exact) mass is 338 g/mol. The smallest absolute Gasteiger partial charge is 0.349 e. The number of carbonyl (C=O) groups is 1. The van der Waals surface area contributed by atoms with Gasteiger partial charge >= 0.3 is 5.63 Å². The van der Waals surface area contributed by atoms with Crippen molar-refractivity contribution in [3.63, 3.8) is 0 Å². The van der Waals surface area contributed by atoms with Crippen molar-refractivity contribution in [1.82, 2.24) is 5.43 Å². The molecule has 0 aliphatic rings. The van der Waals surface area contributed by atoms with Crippen molar-refractivity contribution in [2.45, 2.75) is 0 Å². The van der Waals surface area contributed by atoms with Gasteiger partial charge in [-0.25, -0.2) is 10.2 Å². The maximum atomic E-state index is 12.1. The summed E-state index contributed by atoms with van der Waals surface area (Å²) in [4.78, 5) is 24.0. The quantitative estimate of drug-likeness (QED) is 0.432. The third-order valence-corrected chi connectivity index (χ3v) is 3.49. The van der Waals surface area contributed by atoms with Crippen LogP contribution in [0.3, 0.4) is 0 Å². The Balaban J connectivity index is 1.79. The normalized spacial score (nSPS) is 10.9. The number of phenolic OH excluding ortho intramolecular Hbond substituents is 1. The van der Waals surface area contributed by atoms with Crippen LogP contribution >= 0.6 is 0 Å². The van der Waals surface area contributed by atoms with E-state index in [-0.39, 0.29) is 11.3 Å². The average Bonchev–Trinajstić information content (AvgIpc) is 2.62. The van der Waals surface area contributed by atoms with Crippen LogP contribution in [0.25, 0.3) is 11.0 Å². The molecule has 1 heterocycles. The van der Waals surface area contributed by atoms with Crippen molar-refractivity contribution in [3.05, 3.63) is 70.1 Å². The summed E-state index contributed by atoms with van der Waals surface area (Å²) in [5, 5.41) is 14.2. The number of hydrazone groups is 1. The number of benzene rings is 2. The Hall–Kier alpha value is -3.61. The van der Waals surface area contributed by atoms with Gasteiger partial charge in [0.1, 0.15) is 22.6 Å². The molecule has 126 valence electrons. The molecular formula is C18H14N2O5. The topological polar surface area (TPSA) is 101 Å². The van der Waals surface area contributed by atoms with Crippen molar-refractivity contribution in [2.75, 3.05) is 7.11 Å². The zero-order valence-corrected chi connectivity index (χ0v) is 13.2. The SMILES string of the molecule is COc1ccc(/C=N/NC(=O)c2cc3ccccc3oc2=O)c(O)c1. The van der Waals surface area contributed by atoms with E-state index in [1.165, 1.54) is 25.5 Å². The van der Waals surface area contributed by atoms with Crippen LogP contribution in [0.15, 0.2) is 62.8 Å². The van der Waals surface area contributed by atoms with Gasteiger partial charge in [-0.05, 0) is 24.3 Å². The fourth-order valence-corrected chi connectivity index (χ4v) is 2.20. The largest absolute Gasteiger partial charge is 0.507 e. The number of nitrogens with one attached hydrogen (secondary N) is 1. The summed E-state index contributed by atoms with van der Waals surface area (Å²) in [6.07, 6.45) is 1.26. The Morgan fingerprint density at radius 3 is 2.80 bits per heavy atom. The molecule has 7 nitrogen and oxygen atoms in total. The first-order chi connectivity index (χ1) is 12.1. The van der Waals surface area contributed by atoms with Crippen LogP contribution < -0.4 is 15.8 Å². The van der Waals surface area contributed by atoms with Gasteiger partial charge in [0.25, 0.3) is 5.91 Å². The molecule has 3 aromatic rings. The average molecular weight is 338 g/mol. The van der Waals surface area contributed by atoms with Gasteiger partial charge in [-0.1, -0.05) is 18.2 Å². The summed E-state index contributed by atoms with van der Waals surface area (Å²) in [6.45, 7) is 0. The molecule has 0 fully saturated rings. The van der Waals surface area contributed by atoms with Crippen molar-refractivity contribution < 1.29 is 19.1 Å². The summed E-state index contributed by atoms with van der Waals surface area (Å²) >= 11 is 0. The summed E-state index contributed by atoms with van der Waals surface area (Å²) in [6, 6.07) is 13.0. The van der Waals surface area contributed by atoms with E-state index in [1.54, 1.807) is 36.4 Å². The molecule has 0 unspecified atom stereocenters. The van der Waals surface area contributed by atoms with E-state index in [2.05, 4.69) is 10.5 Å². The molecular weight excluding hydrogens is 324 g/mol. The maximum absolute atomic E-state index is 12.1. The third kappa shape index (κ3) is 3.50. The summed E-state index contributed by atoms with van der Waals surface area (Å²) in [5.74, 6) is -0.265. The predicted octanol–water partition coefficient (Wildman–Crippen LogP) is 2.27. The summed E-state index contributed by atoms with van der Waals surface area (Å²) in [5.41, 5.74) is 2.11. The molecule has 0 atom stereocenters. The number of hydrogen-bond donors (Lipinski definition) is 2. The van der Waals surface area contributed by atoms with Crippen molar-refractivity contribution in [1.29, 1.82) is 0 Å². The molecule has 0 spiro atoms. The summed E-state index contributed by atoms with van der Waals surface area (Å²) in [7, 11) is 1.48. The van der Waals surface area contributed by atoms with Crippen LogP contribution in [0.2, 0.25) is 0 Å². The van der Waals surface area contributed by atoms with Gasteiger partial charge < -0.3 is 14.3 Å². The molecule has 1 aromatic heterocycles.